The van der Waals surface area contributed by atoms with Crippen LogP contribution in [-0.4, -0.2) is 20.9 Å². The summed E-state index contributed by atoms with van der Waals surface area (Å²) in [7, 11) is -3.91. The number of rotatable bonds is 4. The maximum Gasteiger partial charge on any atom is 0.251 e. The van der Waals surface area contributed by atoms with Crippen LogP contribution in [0.5, 0.6) is 0 Å². The molecule has 0 fully saturated rings. The highest BCUT2D eigenvalue weighted by Gasteiger charge is 2.18. The highest BCUT2D eigenvalue weighted by atomic mass is 35.5. The van der Waals surface area contributed by atoms with Gasteiger partial charge in [-0.25, -0.2) is 13.6 Å². The summed E-state index contributed by atoms with van der Waals surface area (Å²) >= 11 is 5.98. The zero-order valence-corrected chi connectivity index (χ0v) is 14.2. The molecule has 0 unspecified atom stereocenters. The summed E-state index contributed by atoms with van der Waals surface area (Å²) in [4.78, 5) is 12.0. The summed E-state index contributed by atoms with van der Waals surface area (Å²) in [5.74, 6) is -0.357. The summed E-state index contributed by atoms with van der Waals surface area (Å²) in [6, 6.07) is 2.50. The molecular formula is C14H21ClN2O3S. The van der Waals surface area contributed by atoms with Gasteiger partial charge in [-0.2, -0.15) is 0 Å². The highest BCUT2D eigenvalue weighted by molar-refractivity contribution is 7.89. The lowest BCUT2D eigenvalue weighted by Gasteiger charge is -2.18. The smallest absolute Gasteiger partial charge is 0.251 e. The van der Waals surface area contributed by atoms with Crippen molar-refractivity contribution in [3.8, 4) is 0 Å². The molecule has 7 heteroatoms. The fourth-order valence-electron chi connectivity index (χ4n) is 1.70. The third kappa shape index (κ3) is 5.30. The van der Waals surface area contributed by atoms with E-state index in [1.54, 1.807) is 6.92 Å². The molecule has 1 aromatic carbocycles. The van der Waals surface area contributed by atoms with Crippen LogP contribution in [0.3, 0.4) is 0 Å². The van der Waals surface area contributed by atoms with Crippen molar-refractivity contribution in [1.82, 2.24) is 5.32 Å². The van der Waals surface area contributed by atoms with Crippen LogP contribution in [0, 0.1) is 12.3 Å². The molecule has 0 atom stereocenters. The minimum absolute atomic E-state index is 0.0996. The van der Waals surface area contributed by atoms with Crippen molar-refractivity contribution in [1.29, 1.82) is 0 Å². The van der Waals surface area contributed by atoms with Gasteiger partial charge in [0, 0.05) is 17.1 Å². The number of nitrogens with one attached hydrogen (secondary N) is 1. The Morgan fingerprint density at radius 3 is 2.38 bits per heavy atom. The molecule has 21 heavy (non-hydrogen) atoms. The lowest BCUT2D eigenvalue weighted by atomic mass is 9.92. The second-order valence-corrected chi connectivity index (χ2v) is 8.16. The Balaban J connectivity index is 3.02. The highest BCUT2D eigenvalue weighted by Crippen LogP contribution is 2.24. The molecule has 0 aliphatic carbocycles. The van der Waals surface area contributed by atoms with E-state index in [1.165, 1.54) is 12.1 Å². The Kier molecular flexibility index (Phi) is 5.41. The first-order valence-electron chi connectivity index (χ1n) is 6.53. The van der Waals surface area contributed by atoms with E-state index in [4.69, 9.17) is 16.7 Å². The molecule has 1 rings (SSSR count). The lowest BCUT2D eigenvalue weighted by Crippen LogP contribution is -2.28. The standard InChI is InChI=1S/C14H21ClN2O3S/c1-9-11(13(18)17-6-5-14(2,3)4)7-10(8-12(9)15)21(16,19)20/h7-8H,5-6H2,1-4H3,(H,17,18)(H2,16,19,20). The Morgan fingerprint density at radius 2 is 1.90 bits per heavy atom. The van der Waals surface area contributed by atoms with Gasteiger partial charge < -0.3 is 5.32 Å². The van der Waals surface area contributed by atoms with Crippen LogP contribution in [0.2, 0.25) is 5.02 Å². The van der Waals surface area contributed by atoms with Crippen molar-refractivity contribution < 1.29 is 13.2 Å². The van der Waals surface area contributed by atoms with E-state index in [9.17, 15) is 13.2 Å². The molecule has 0 heterocycles. The number of primary sulfonamides is 1. The van der Waals surface area contributed by atoms with Crippen LogP contribution in [0.1, 0.15) is 43.1 Å². The normalized spacial score (nSPS) is 12.3. The first-order chi connectivity index (χ1) is 9.42. The Labute approximate surface area is 130 Å². The van der Waals surface area contributed by atoms with Crippen LogP contribution >= 0.6 is 11.6 Å². The van der Waals surface area contributed by atoms with Crippen molar-refractivity contribution in [2.24, 2.45) is 10.6 Å². The van der Waals surface area contributed by atoms with Crippen molar-refractivity contribution in [2.75, 3.05) is 6.54 Å². The second-order valence-electron chi connectivity index (χ2n) is 6.19. The molecule has 0 saturated carbocycles. The minimum Gasteiger partial charge on any atom is -0.352 e. The third-order valence-electron chi connectivity index (χ3n) is 3.05. The van der Waals surface area contributed by atoms with Crippen LogP contribution in [0.25, 0.3) is 0 Å². The molecule has 5 nitrogen and oxygen atoms in total. The van der Waals surface area contributed by atoms with E-state index >= 15 is 0 Å². The van der Waals surface area contributed by atoms with Crippen LogP contribution in [-0.2, 0) is 10.0 Å². The molecule has 0 radical (unpaired) electrons. The zero-order valence-electron chi connectivity index (χ0n) is 12.7. The SMILES string of the molecule is Cc1c(Cl)cc(S(N)(=O)=O)cc1C(=O)NCCC(C)(C)C. The molecule has 0 aliphatic heterocycles. The predicted molar refractivity (Wildman–Crippen MR) is 84.0 cm³/mol. The van der Waals surface area contributed by atoms with E-state index in [0.29, 0.717) is 12.1 Å². The van der Waals surface area contributed by atoms with Gasteiger partial charge in [0.2, 0.25) is 10.0 Å². The van der Waals surface area contributed by atoms with Gasteiger partial charge in [0.15, 0.2) is 0 Å². The van der Waals surface area contributed by atoms with Crippen LogP contribution in [0.4, 0.5) is 0 Å². The topological polar surface area (TPSA) is 89.3 Å². The number of carbonyl (C=O) groups excluding carboxylic acids is 1. The summed E-state index contributed by atoms with van der Waals surface area (Å²) in [6.45, 7) is 8.38. The van der Waals surface area contributed by atoms with Crippen molar-refractivity contribution >= 4 is 27.5 Å². The minimum atomic E-state index is -3.91. The van der Waals surface area contributed by atoms with Gasteiger partial charge in [-0.05, 0) is 36.5 Å². The van der Waals surface area contributed by atoms with Gasteiger partial charge in [-0.15, -0.1) is 0 Å². The Bertz CT molecular complexity index is 649. The van der Waals surface area contributed by atoms with Gasteiger partial charge in [0.05, 0.1) is 4.90 Å². The van der Waals surface area contributed by atoms with Crippen LogP contribution in [0.15, 0.2) is 17.0 Å². The zero-order chi connectivity index (χ0) is 16.4. The Hall–Kier alpha value is -1.11. The van der Waals surface area contributed by atoms with Gasteiger partial charge in [0.25, 0.3) is 5.91 Å². The van der Waals surface area contributed by atoms with E-state index in [0.717, 1.165) is 6.42 Å². The predicted octanol–water partition coefficient (Wildman–Crippen LogP) is 2.46. The van der Waals surface area contributed by atoms with Gasteiger partial charge in [-0.1, -0.05) is 32.4 Å². The second kappa shape index (κ2) is 6.34. The molecule has 0 saturated heterocycles. The quantitative estimate of drug-likeness (QED) is 0.887. The maximum atomic E-state index is 12.2. The summed E-state index contributed by atoms with van der Waals surface area (Å²) in [5.41, 5.74) is 0.848. The molecule has 0 aromatic heterocycles. The molecule has 3 N–H and O–H groups in total. The number of halogens is 1. The monoisotopic (exact) mass is 332 g/mol. The number of carbonyl (C=O) groups is 1. The molecule has 1 amide bonds. The van der Waals surface area contributed by atoms with Crippen molar-refractivity contribution in [3.63, 3.8) is 0 Å². The number of hydrogen-bond donors (Lipinski definition) is 2. The molecule has 118 valence electrons. The number of benzene rings is 1. The first-order valence-corrected chi connectivity index (χ1v) is 8.45. The number of hydrogen-bond acceptors (Lipinski definition) is 3. The molecule has 1 aromatic rings. The van der Waals surface area contributed by atoms with E-state index in [-0.39, 0.29) is 26.8 Å². The fraction of sp³-hybridized carbons (Fsp3) is 0.500. The van der Waals surface area contributed by atoms with E-state index < -0.39 is 10.0 Å². The number of amides is 1. The summed E-state index contributed by atoms with van der Waals surface area (Å²) in [6.07, 6.45) is 0.806. The number of nitrogens with two attached hydrogens (primary N) is 1. The van der Waals surface area contributed by atoms with E-state index in [2.05, 4.69) is 26.1 Å². The van der Waals surface area contributed by atoms with Crippen molar-refractivity contribution in [3.05, 3.63) is 28.3 Å². The van der Waals surface area contributed by atoms with Crippen molar-refractivity contribution in [2.45, 2.75) is 39.0 Å². The average Bonchev–Trinajstić information content (AvgIpc) is 2.29. The largest absolute Gasteiger partial charge is 0.352 e. The van der Waals surface area contributed by atoms with Gasteiger partial charge in [0.1, 0.15) is 0 Å². The molecule has 0 aliphatic rings. The average molecular weight is 333 g/mol. The summed E-state index contributed by atoms with van der Waals surface area (Å²) in [5, 5.41) is 8.05. The van der Waals surface area contributed by atoms with Gasteiger partial charge >= 0.3 is 0 Å². The molecular weight excluding hydrogens is 312 g/mol. The fourth-order valence-corrected chi connectivity index (χ4v) is 2.55. The summed E-state index contributed by atoms with van der Waals surface area (Å²) < 4.78 is 22.8. The van der Waals surface area contributed by atoms with Crippen LogP contribution < -0.4 is 10.5 Å². The molecule has 0 spiro atoms. The third-order valence-corrected chi connectivity index (χ3v) is 4.34. The van der Waals surface area contributed by atoms with Gasteiger partial charge in [-0.3, -0.25) is 4.79 Å². The lowest BCUT2D eigenvalue weighted by molar-refractivity contribution is 0.0948. The van der Waals surface area contributed by atoms with E-state index in [1.807, 2.05) is 0 Å². The Morgan fingerprint density at radius 1 is 1.33 bits per heavy atom. The number of sulfonamides is 1. The first kappa shape index (κ1) is 17.9. The maximum absolute atomic E-state index is 12.2. The molecule has 0 bridgehead atoms.